The van der Waals surface area contributed by atoms with E-state index in [4.69, 9.17) is 13.9 Å². The molecule has 2 aliphatic rings. The predicted octanol–water partition coefficient (Wildman–Crippen LogP) is 3.40. The second kappa shape index (κ2) is 7.12. The molecule has 0 spiro atoms. The summed E-state index contributed by atoms with van der Waals surface area (Å²) in [5.41, 5.74) is 0. The standard InChI is InChI=1S/C19H19N3O5S2/c1-12-4-7-17(28-12)19-21-20-18(27-19)14-3-2-8-22(14)29(23,24)13-5-6-15-16(11-13)26-10-9-25-15/h4-7,11,14H,2-3,8-10H2,1H3/t14-/m1/s1. The highest BCUT2D eigenvalue weighted by Crippen LogP contribution is 2.39. The van der Waals surface area contributed by atoms with E-state index in [1.807, 2.05) is 19.1 Å². The van der Waals surface area contributed by atoms with E-state index in [9.17, 15) is 8.42 Å². The molecule has 0 saturated carbocycles. The molecule has 1 saturated heterocycles. The van der Waals surface area contributed by atoms with Crippen LogP contribution >= 0.6 is 11.3 Å². The van der Waals surface area contributed by atoms with E-state index in [0.717, 1.165) is 16.2 Å². The Morgan fingerprint density at radius 2 is 1.93 bits per heavy atom. The highest BCUT2D eigenvalue weighted by Gasteiger charge is 2.39. The Bertz CT molecular complexity index is 1150. The van der Waals surface area contributed by atoms with E-state index in [1.165, 1.54) is 10.4 Å². The number of aryl methyl sites for hydroxylation is 1. The topological polar surface area (TPSA) is 94.8 Å². The number of rotatable bonds is 4. The fourth-order valence-corrected chi connectivity index (χ4v) is 6.07. The fraction of sp³-hybridized carbons (Fsp3) is 0.368. The van der Waals surface area contributed by atoms with Gasteiger partial charge in [-0.15, -0.1) is 21.5 Å². The summed E-state index contributed by atoms with van der Waals surface area (Å²) in [6.07, 6.45) is 1.36. The molecular weight excluding hydrogens is 414 g/mol. The first-order chi connectivity index (χ1) is 14.0. The average molecular weight is 434 g/mol. The summed E-state index contributed by atoms with van der Waals surface area (Å²) >= 11 is 1.56. The maximum absolute atomic E-state index is 13.3. The van der Waals surface area contributed by atoms with Crippen LogP contribution in [0.2, 0.25) is 0 Å². The van der Waals surface area contributed by atoms with Crippen molar-refractivity contribution in [3.05, 3.63) is 41.1 Å². The third kappa shape index (κ3) is 3.30. The molecule has 152 valence electrons. The van der Waals surface area contributed by atoms with Crippen LogP contribution in [0.4, 0.5) is 0 Å². The van der Waals surface area contributed by atoms with Crippen molar-refractivity contribution in [1.29, 1.82) is 0 Å². The minimum atomic E-state index is -3.75. The number of fused-ring (bicyclic) bond motifs is 1. The molecule has 4 heterocycles. The van der Waals surface area contributed by atoms with Crippen molar-refractivity contribution in [2.45, 2.75) is 30.7 Å². The van der Waals surface area contributed by atoms with Crippen LogP contribution in [0.5, 0.6) is 11.5 Å². The van der Waals surface area contributed by atoms with Gasteiger partial charge in [-0.25, -0.2) is 8.42 Å². The second-order valence-corrected chi connectivity index (χ2v) is 10.1. The molecule has 0 unspecified atom stereocenters. The van der Waals surface area contributed by atoms with Crippen LogP contribution < -0.4 is 9.47 Å². The molecule has 8 nitrogen and oxygen atoms in total. The van der Waals surface area contributed by atoms with E-state index in [-0.39, 0.29) is 4.90 Å². The first-order valence-electron chi connectivity index (χ1n) is 9.34. The first kappa shape index (κ1) is 18.6. The van der Waals surface area contributed by atoms with Gasteiger partial charge in [0.2, 0.25) is 15.9 Å². The van der Waals surface area contributed by atoms with Crippen LogP contribution in [0.15, 0.2) is 39.6 Å². The van der Waals surface area contributed by atoms with Gasteiger partial charge in [0.1, 0.15) is 19.3 Å². The predicted molar refractivity (Wildman–Crippen MR) is 106 cm³/mol. The van der Waals surface area contributed by atoms with Crippen LogP contribution in [-0.4, -0.2) is 42.7 Å². The zero-order valence-electron chi connectivity index (χ0n) is 15.7. The smallest absolute Gasteiger partial charge is 0.257 e. The summed E-state index contributed by atoms with van der Waals surface area (Å²) in [6.45, 7) is 3.26. The van der Waals surface area contributed by atoms with Crippen molar-refractivity contribution < 1.29 is 22.3 Å². The van der Waals surface area contributed by atoms with Crippen LogP contribution in [0.3, 0.4) is 0 Å². The van der Waals surface area contributed by atoms with Crippen LogP contribution in [-0.2, 0) is 10.0 Å². The third-order valence-electron chi connectivity index (χ3n) is 5.00. The molecule has 10 heteroatoms. The average Bonchev–Trinajstić information content (AvgIpc) is 3.47. The highest BCUT2D eigenvalue weighted by atomic mass is 32.2. The Morgan fingerprint density at radius 1 is 1.10 bits per heavy atom. The van der Waals surface area contributed by atoms with Crippen molar-refractivity contribution in [1.82, 2.24) is 14.5 Å². The summed E-state index contributed by atoms with van der Waals surface area (Å²) in [6, 6.07) is 8.14. The monoisotopic (exact) mass is 433 g/mol. The lowest BCUT2D eigenvalue weighted by Crippen LogP contribution is -2.31. The summed E-state index contributed by atoms with van der Waals surface area (Å²) in [4.78, 5) is 2.19. The molecule has 2 aliphatic heterocycles. The maximum atomic E-state index is 13.3. The Balaban J connectivity index is 1.45. The van der Waals surface area contributed by atoms with Gasteiger partial charge in [0.25, 0.3) is 5.89 Å². The zero-order chi connectivity index (χ0) is 20.0. The molecule has 5 rings (SSSR count). The highest BCUT2D eigenvalue weighted by molar-refractivity contribution is 7.89. The first-order valence-corrected chi connectivity index (χ1v) is 11.6. The van der Waals surface area contributed by atoms with Crippen molar-refractivity contribution in [2.24, 2.45) is 0 Å². The lowest BCUT2D eigenvalue weighted by atomic mass is 10.2. The third-order valence-corrected chi connectivity index (χ3v) is 7.89. The summed E-state index contributed by atoms with van der Waals surface area (Å²) in [7, 11) is -3.75. The molecule has 0 radical (unpaired) electrons. The number of hydrogen-bond donors (Lipinski definition) is 0. The minimum Gasteiger partial charge on any atom is -0.486 e. The van der Waals surface area contributed by atoms with Crippen molar-refractivity contribution in [3.8, 4) is 22.3 Å². The van der Waals surface area contributed by atoms with Crippen molar-refractivity contribution in [2.75, 3.05) is 19.8 Å². The molecule has 0 amide bonds. The normalized spacial score (nSPS) is 19.6. The summed E-state index contributed by atoms with van der Waals surface area (Å²) in [5.74, 6) is 1.74. The van der Waals surface area contributed by atoms with Gasteiger partial charge in [-0.1, -0.05) is 0 Å². The number of ether oxygens (including phenoxy) is 2. The Kier molecular flexibility index (Phi) is 4.56. The van der Waals surface area contributed by atoms with E-state index in [1.54, 1.807) is 23.5 Å². The molecule has 1 fully saturated rings. The lowest BCUT2D eigenvalue weighted by Gasteiger charge is -2.23. The van der Waals surface area contributed by atoms with E-state index in [0.29, 0.717) is 49.5 Å². The van der Waals surface area contributed by atoms with Crippen LogP contribution in [0.1, 0.15) is 29.7 Å². The van der Waals surface area contributed by atoms with Gasteiger partial charge >= 0.3 is 0 Å². The largest absolute Gasteiger partial charge is 0.486 e. The molecule has 1 atom stereocenters. The quantitative estimate of drug-likeness (QED) is 0.622. The number of sulfonamides is 1. The molecule has 0 N–H and O–H groups in total. The minimum absolute atomic E-state index is 0.169. The van der Waals surface area contributed by atoms with Crippen molar-refractivity contribution >= 4 is 21.4 Å². The number of nitrogens with zero attached hydrogens (tertiary/aromatic N) is 3. The van der Waals surface area contributed by atoms with E-state index < -0.39 is 16.1 Å². The van der Waals surface area contributed by atoms with E-state index >= 15 is 0 Å². The zero-order valence-corrected chi connectivity index (χ0v) is 17.3. The van der Waals surface area contributed by atoms with Crippen LogP contribution in [0, 0.1) is 6.92 Å². The Hall–Kier alpha value is -2.43. The maximum Gasteiger partial charge on any atom is 0.257 e. The van der Waals surface area contributed by atoms with Gasteiger partial charge in [-0.2, -0.15) is 4.31 Å². The van der Waals surface area contributed by atoms with Gasteiger partial charge < -0.3 is 13.9 Å². The number of hydrogen-bond acceptors (Lipinski definition) is 8. The van der Waals surface area contributed by atoms with Gasteiger partial charge in [0.15, 0.2) is 11.5 Å². The second-order valence-electron chi connectivity index (χ2n) is 6.93. The Morgan fingerprint density at radius 3 is 2.72 bits per heavy atom. The number of aromatic nitrogens is 2. The molecular formula is C19H19N3O5S2. The molecule has 0 aliphatic carbocycles. The molecule has 3 aromatic rings. The van der Waals surface area contributed by atoms with Crippen LogP contribution in [0.25, 0.3) is 10.8 Å². The molecule has 0 bridgehead atoms. The molecule has 1 aromatic carbocycles. The van der Waals surface area contributed by atoms with Crippen molar-refractivity contribution in [3.63, 3.8) is 0 Å². The SMILES string of the molecule is Cc1ccc(-c2nnc([C@H]3CCCN3S(=O)(=O)c3ccc4c(c3)OCCO4)o2)s1. The fourth-order valence-electron chi connectivity index (χ4n) is 3.61. The number of thiophene rings is 1. The lowest BCUT2D eigenvalue weighted by molar-refractivity contribution is 0.171. The molecule has 2 aromatic heterocycles. The molecule has 29 heavy (non-hydrogen) atoms. The van der Waals surface area contributed by atoms with Gasteiger partial charge in [0.05, 0.1) is 9.77 Å². The van der Waals surface area contributed by atoms with Gasteiger partial charge in [-0.3, -0.25) is 0 Å². The summed E-state index contributed by atoms with van der Waals surface area (Å²) < 4.78 is 45.0. The van der Waals surface area contributed by atoms with E-state index in [2.05, 4.69) is 10.2 Å². The van der Waals surface area contributed by atoms with Gasteiger partial charge in [-0.05, 0) is 44.0 Å². The summed E-state index contributed by atoms with van der Waals surface area (Å²) in [5, 5.41) is 8.28. The Labute approximate surface area is 172 Å². The number of benzene rings is 1. The van der Waals surface area contributed by atoms with Gasteiger partial charge in [0, 0.05) is 17.5 Å².